The lowest BCUT2D eigenvalue weighted by molar-refractivity contribution is -0.192. The quantitative estimate of drug-likeness (QED) is 0.564. The Hall–Kier alpha value is -3.12. The lowest BCUT2D eigenvalue weighted by atomic mass is 9.63. The van der Waals surface area contributed by atoms with E-state index < -0.39 is 12.1 Å². The van der Waals surface area contributed by atoms with Gasteiger partial charge in [0.25, 0.3) is 5.88 Å². The highest BCUT2D eigenvalue weighted by Gasteiger charge is 2.50. The first-order valence-electron chi connectivity index (χ1n) is 12.2. The van der Waals surface area contributed by atoms with E-state index in [0.717, 1.165) is 62.4 Å². The average Bonchev–Trinajstić information content (AvgIpc) is 3.20. The van der Waals surface area contributed by atoms with E-state index in [1.807, 2.05) is 31.2 Å². The van der Waals surface area contributed by atoms with Crippen LogP contribution in [0.25, 0.3) is 11.3 Å². The molecule has 12 heteroatoms. The number of carboxylic acid groups (broad SMARTS) is 1. The molecule has 9 nitrogen and oxygen atoms in total. The minimum Gasteiger partial charge on any atom is -0.485 e. The van der Waals surface area contributed by atoms with E-state index in [0.29, 0.717) is 23.8 Å². The molecule has 1 spiro atoms. The molecule has 37 heavy (non-hydrogen) atoms. The van der Waals surface area contributed by atoms with Crippen LogP contribution in [0.1, 0.15) is 26.2 Å². The Balaban J connectivity index is 0.000000405. The fourth-order valence-corrected chi connectivity index (χ4v) is 4.67. The van der Waals surface area contributed by atoms with Crippen LogP contribution in [-0.4, -0.2) is 84.2 Å². The van der Waals surface area contributed by atoms with Gasteiger partial charge in [0.15, 0.2) is 5.75 Å². The second-order valence-corrected chi connectivity index (χ2v) is 9.63. The highest BCUT2D eigenvalue weighted by Crippen LogP contribution is 2.47. The molecular weight excluding hydrogens is 493 g/mol. The molecule has 2 aliphatic heterocycles. The molecule has 2 aromatic heterocycles. The maximum Gasteiger partial charge on any atom is 0.490 e. The van der Waals surface area contributed by atoms with Crippen molar-refractivity contribution >= 4 is 5.97 Å². The maximum absolute atomic E-state index is 10.6. The number of nitrogens with zero attached hydrogens (tertiary/aromatic N) is 3. The number of likely N-dealkylation sites (tertiary alicyclic amines) is 1. The largest absolute Gasteiger partial charge is 0.490 e. The van der Waals surface area contributed by atoms with E-state index in [1.54, 1.807) is 6.20 Å². The van der Waals surface area contributed by atoms with Crippen LogP contribution in [0.2, 0.25) is 0 Å². The van der Waals surface area contributed by atoms with Crippen LogP contribution >= 0.6 is 0 Å². The summed E-state index contributed by atoms with van der Waals surface area (Å²) in [6, 6.07) is 7.84. The Morgan fingerprint density at radius 3 is 2.49 bits per heavy atom. The zero-order chi connectivity index (χ0) is 26.6. The third-order valence-corrected chi connectivity index (χ3v) is 6.64. The van der Waals surface area contributed by atoms with Gasteiger partial charge in [0.1, 0.15) is 12.2 Å². The van der Waals surface area contributed by atoms with E-state index in [9.17, 15) is 13.2 Å². The monoisotopic (exact) mass is 524 g/mol. The van der Waals surface area contributed by atoms with Gasteiger partial charge in [-0.25, -0.2) is 14.8 Å². The van der Waals surface area contributed by atoms with Gasteiger partial charge < -0.3 is 29.5 Å². The second-order valence-electron chi connectivity index (χ2n) is 9.63. The predicted molar refractivity (Wildman–Crippen MR) is 128 cm³/mol. The molecule has 1 unspecified atom stereocenters. The number of nitrogens with one attached hydrogen (secondary N) is 1. The summed E-state index contributed by atoms with van der Waals surface area (Å²) in [6.07, 6.45) is 0.223. The zero-order valence-electron chi connectivity index (χ0n) is 20.8. The van der Waals surface area contributed by atoms with Crippen LogP contribution < -0.4 is 19.5 Å². The van der Waals surface area contributed by atoms with Gasteiger partial charge in [-0.1, -0.05) is 0 Å². The number of carboxylic acids is 1. The smallest absolute Gasteiger partial charge is 0.485 e. The third kappa shape index (κ3) is 6.61. The SMILES string of the molecule is CCOc1ncccc1-c1ccc(OC2CC3(CNC3)C2)c(OC2CCN(C)C2)n1.O=C(O)C(F)(F)F. The van der Waals surface area contributed by atoms with E-state index in [2.05, 4.69) is 22.2 Å². The highest BCUT2D eigenvalue weighted by molar-refractivity contribution is 5.73. The zero-order valence-corrected chi connectivity index (χ0v) is 20.8. The fourth-order valence-electron chi connectivity index (χ4n) is 4.67. The summed E-state index contributed by atoms with van der Waals surface area (Å²) >= 11 is 0. The molecule has 0 aromatic carbocycles. The molecule has 3 fully saturated rings. The van der Waals surface area contributed by atoms with Gasteiger partial charge in [0.05, 0.1) is 17.9 Å². The van der Waals surface area contributed by atoms with Gasteiger partial charge in [-0.3, -0.25) is 0 Å². The molecule has 2 N–H and O–H groups in total. The lowest BCUT2D eigenvalue weighted by Gasteiger charge is -2.53. The molecular formula is C25H31F3N4O5. The van der Waals surface area contributed by atoms with Crippen LogP contribution in [0.15, 0.2) is 30.5 Å². The molecule has 202 valence electrons. The summed E-state index contributed by atoms with van der Waals surface area (Å²) in [7, 11) is 2.12. The number of hydrogen-bond acceptors (Lipinski definition) is 8. The van der Waals surface area contributed by atoms with Gasteiger partial charge in [-0.15, -0.1) is 0 Å². The normalized spacial score (nSPS) is 20.8. The number of halogens is 3. The van der Waals surface area contributed by atoms with Crippen LogP contribution in [0.3, 0.4) is 0 Å². The van der Waals surface area contributed by atoms with Crippen molar-refractivity contribution < 1.29 is 37.3 Å². The predicted octanol–water partition coefficient (Wildman–Crippen LogP) is 3.39. The van der Waals surface area contributed by atoms with E-state index in [-0.39, 0.29) is 12.2 Å². The molecule has 2 aromatic rings. The summed E-state index contributed by atoms with van der Waals surface area (Å²) in [5.41, 5.74) is 2.12. The second kappa shape index (κ2) is 11.1. The third-order valence-electron chi connectivity index (χ3n) is 6.64. The summed E-state index contributed by atoms with van der Waals surface area (Å²) in [4.78, 5) is 20.4. The van der Waals surface area contributed by atoms with Crippen LogP contribution in [-0.2, 0) is 4.79 Å². The van der Waals surface area contributed by atoms with Crippen molar-refractivity contribution in [2.75, 3.05) is 39.8 Å². The van der Waals surface area contributed by atoms with Gasteiger partial charge in [-0.2, -0.15) is 13.2 Å². The number of rotatable bonds is 7. The van der Waals surface area contributed by atoms with Gasteiger partial charge in [0.2, 0.25) is 5.88 Å². The first-order valence-corrected chi connectivity index (χ1v) is 12.2. The average molecular weight is 525 g/mol. The first-order chi connectivity index (χ1) is 17.6. The van der Waals surface area contributed by atoms with E-state index >= 15 is 0 Å². The van der Waals surface area contributed by atoms with Crippen molar-refractivity contribution in [2.24, 2.45) is 5.41 Å². The molecule has 1 saturated carbocycles. The van der Waals surface area contributed by atoms with Crippen LogP contribution in [0, 0.1) is 5.41 Å². The van der Waals surface area contributed by atoms with Crippen molar-refractivity contribution in [1.82, 2.24) is 20.2 Å². The summed E-state index contributed by atoms with van der Waals surface area (Å²) in [5, 5.41) is 10.5. The molecule has 4 heterocycles. The maximum atomic E-state index is 10.6. The van der Waals surface area contributed by atoms with Gasteiger partial charge in [-0.05, 0) is 57.5 Å². The fraction of sp³-hybridized carbons (Fsp3) is 0.560. The van der Waals surface area contributed by atoms with E-state index in [4.69, 9.17) is 29.1 Å². The highest BCUT2D eigenvalue weighted by atomic mass is 19.4. The molecule has 2 saturated heterocycles. The van der Waals surface area contributed by atoms with Crippen molar-refractivity contribution in [3.8, 4) is 28.8 Å². The minimum absolute atomic E-state index is 0.129. The molecule has 0 bridgehead atoms. The van der Waals surface area contributed by atoms with Crippen molar-refractivity contribution in [1.29, 1.82) is 0 Å². The Labute approximate surface area is 212 Å². The number of hydrogen-bond donors (Lipinski definition) is 2. The topological polar surface area (TPSA) is 106 Å². The standard InChI is InChI=1S/C23H30N4O3.C2HF3O2/c1-3-28-21-18(5-4-9-25-21)19-6-7-20(29-17-11-23(12-17)14-24-15-23)22(26-19)30-16-8-10-27(2)13-16;3-2(4,5)1(6)7/h4-7,9,16-17,24H,3,8,10-15H2,1-2H3;(H,6,7). The number of likely N-dealkylation sites (N-methyl/N-ethyl adjacent to an activating group) is 1. The number of pyridine rings is 2. The van der Waals surface area contributed by atoms with Crippen molar-refractivity contribution in [2.45, 2.75) is 44.6 Å². The number of aromatic nitrogens is 2. The van der Waals surface area contributed by atoms with Crippen molar-refractivity contribution in [3.63, 3.8) is 0 Å². The molecule has 0 amide bonds. The minimum atomic E-state index is -5.08. The van der Waals surface area contributed by atoms with Gasteiger partial charge >= 0.3 is 12.1 Å². The summed E-state index contributed by atoms with van der Waals surface area (Å²) < 4.78 is 50.1. The molecule has 0 radical (unpaired) electrons. The molecule has 5 rings (SSSR count). The molecule has 1 atom stereocenters. The summed E-state index contributed by atoms with van der Waals surface area (Å²) in [6.45, 7) is 6.68. The number of aliphatic carboxylic acids is 1. The Kier molecular flexibility index (Phi) is 8.08. The van der Waals surface area contributed by atoms with E-state index in [1.165, 1.54) is 0 Å². The molecule has 3 aliphatic rings. The Bertz CT molecular complexity index is 1090. The Morgan fingerprint density at radius 2 is 1.92 bits per heavy atom. The van der Waals surface area contributed by atoms with Gasteiger partial charge in [0, 0.05) is 37.8 Å². The van der Waals surface area contributed by atoms with Crippen LogP contribution in [0.4, 0.5) is 13.2 Å². The molecule has 1 aliphatic carbocycles. The van der Waals surface area contributed by atoms with Crippen molar-refractivity contribution in [3.05, 3.63) is 30.5 Å². The number of carbonyl (C=O) groups is 1. The summed E-state index contributed by atoms with van der Waals surface area (Å²) in [5.74, 6) is -0.854. The Morgan fingerprint density at radius 1 is 1.19 bits per heavy atom. The number of alkyl halides is 3. The van der Waals surface area contributed by atoms with Crippen LogP contribution in [0.5, 0.6) is 17.5 Å². The first kappa shape index (κ1) is 26.9. The lowest BCUT2D eigenvalue weighted by Crippen LogP contribution is -2.62. The number of ether oxygens (including phenoxy) is 3.